The monoisotopic (exact) mass is 236 g/mol. The number of hydrogen-bond donors (Lipinski definition) is 1. The van der Waals surface area contributed by atoms with E-state index >= 15 is 0 Å². The van der Waals surface area contributed by atoms with Crippen molar-refractivity contribution in [3.63, 3.8) is 0 Å². The summed E-state index contributed by atoms with van der Waals surface area (Å²) in [5.41, 5.74) is 7.58. The SMILES string of the molecule is Cc1ccc(OCCCC(C)C)c(CCN)n1. The van der Waals surface area contributed by atoms with Crippen molar-refractivity contribution in [1.29, 1.82) is 0 Å². The number of aryl methyl sites for hydroxylation is 1. The molecule has 0 saturated heterocycles. The molecule has 2 N–H and O–H groups in total. The average molecular weight is 236 g/mol. The molecule has 1 rings (SSSR count). The Hall–Kier alpha value is -1.09. The number of ether oxygens (including phenoxy) is 1. The summed E-state index contributed by atoms with van der Waals surface area (Å²) in [6, 6.07) is 3.99. The predicted molar refractivity (Wildman–Crippen MR) is 71.3 cm³/mol. The van der Waals surface area contributed by atoms with Gasteiger partial charge in [-0.1, -0.05) is 13.8 Å². The molecular weight excluding hydrogens is 212 g/mol. The molecule has 0 radical (unpaired) electrons. The molecule has 1 heterocycles. The first-order valence-corrected chi connectivity index (χ1v) is 6.43. The molecule has 1 aromatic rings. The van der Waals surface area contributed by atoms with Gasteiger partial charge >= 0.3 is 0 Å². The molecule has 0 unspecified atom stereocenters. The molecule has 0 aromatic carbocycles. The molecule has 0 saturated carbocycles. The lowest BCUT2D eigenvalue weighted by Gasteiger charge is -2.11. The highest BCUT2D eigenvalue weighted by Crippen LogP contribution is 2.18. The van der Waals surface area contributed by atoms with Crippen LogP contribution in [-0.2, 0) is 6.42 Å². The van der Waals surface area contributed by atoms with Gasteiger partial charge in [-0.15, -0.1) is 0 Å². The van der Waals surface area contributed by atoms with Gasteiger partial charge in [0.25, 0.3) is 0 Å². The highest BCUT2D eigenvalue weighted by molar-refractivity contribution is 5.29. The molecule has 0 bridgehead atoms. The number of pyridine rings is 1. The Balaban J connectivity index is 2.51. The van der Waals surface area contributed by atoms with Crippen molar-refractivity contribution in [2.75, 3.05) is 13.2 Å². The number of nitrogens with two attached hydrogens (primary N) is 1. The lowest BCUT2D eigenvalue weighted by molar-refractivity contribution is 0.293. The minimum atomic E-state index is 0.610. The molecule has 3 nitrogen and oxygen atoms in total. The zero-order chi connectivity index (χ0) is 12.7. The maximum Gasteiger partial charge on any atom is 0.140 e. The van der Waals surface area contributed by atoms with Crippen molar-refractivity contribution in [2.45, 2.75) is 40.0 Å². The zero-order valence-electron chi connectivity index (χ0n) is 11.2. The largest absolute Gasteiger partial charge is 0.492 e. The number of rotatable bonds is 7. The number of aromatic nitrogens is 1. The van der Waals surface area contributed by atoms with Crippen LogP contribution in [0, 0.1) is 12.8 Å². The Labute approximate surface area is 104 Å². The van der Waals surface area contributed by atoms with E-state index in [0.29, 0.717) is 6.54 Å². The molecular formula is C14H24N2O. The average Bonchev–Trinajstić information content (AvgIpc) is 2.27. The number of hydrogen-bond acceptors (Lipinski definition) is 3. The second kappa shape index (κ2) is 7.28. The van der Waals surface area contributed by atoms with Crippen LogP contribution in [0.15, 0.2) is 12.1 Å². The van der Waals surface area contributed by atoms with Crippen LogP contribution in [0.5, 0.6) is 5.75 Å². The first-order valence-electron chi connectivity index (χ1n) is 6.43. The van der Waals surface area contributed by atoms with Gasteiger partial charge in [0, 0.05) is 12.1 Å². The summed E-state index contributed by atoms with van der Waals surface area (Å²) >= 11 is 0. The summed E-state index contributed by atoms with van der Waals surface area (Å²) in [5, 5.41) is 0. The third-order valence-electron chi connectivity index (χ3n) is 2.64. The first-order chi connectivity index (χ1) is 8.13. The summed E-state index contributed by atoms with van der Waals surface area (Å²) < 4.78 is 5.78. The minimum Gasteiger partial charge on any atom is -0.492 e. The third-order valence-corrected chi connectivity index (χ3v) is 2.64. The van der Waals surface area contributed by atoms with Gasteiger partial charge in [0.1, 0.15) is 5.75 Å². The minimum absolute atomic E-state index is 0.610. The molecule has 1 aromatic heterocycles. The van der Waals surface area contributed by atoms with Crippen LogP contribution < -0.4 is 10.5 Å². The Kier molecular flexibility index (Phi) is 5.98. The smallest absolute Gasteiger partial charge is 0.140 e. The molecule has 0 spiro atoms. The first kappa shape index (κ1) is 14.0. The highest BCUT2D eigenvalue weighted by atomic mass is 16.5. The molecule has 96 valence electrons. The van der Waals surface area contributed by atoms with Gasteiger partial charge in [0.05, 0.1) is 12.3 Å². The second-order valence-electron chi connectivity index (χ2n) is 4.82. The van der Waals surface area contributed by atoms with E-state index < -0.39 is 0 Å². The fraction of sp³-hybridized carbons (Fsp3) is 0.643. The van der Waals surface area contributed by atoms with Crippen LogP contribution in [0.4, 0.5) is 0 Å². The van der Waals surface area contributed by atoms with Gasteiger partial charge < -0.3 is 10.5 Å². The van der Waals surface area contributed by atoms with Crippen LogP contribution >= 0.6 is 0 Å². The van der Waals surface area contributed by atoms with Crippen LogP contribution in [-0.4, -0.2) is 18.1 Å². The topological polar surface area (TPSA) is 48.1 Å². The maximum atomic E-state index is 5.78. The molecule has 17 heavy (non-hydrogen) atoms. The van der Waals surface area contributed by atoms with E-state index in [1.54, 1.807) is 0 Å². The van der Waals surface area contributed by atoms with E-state index in [1.165, 1.54) is 6.42 Å². The van der Waals surface area contributed by atoms with Gasteiger partial charge in [-0.05, 0) is 44.4 Å². The normalized spacial score (nSPS) is 10.9. The molecule has 0 aliphatic rings. The molecule has 0 fully saturated rings. The summed E-state index contributed by atoms with van der Waals surface area (Å²) in [7, 11) is 0. The molecule has 3 heteroatoms. The van der Waals surface area contributed by atoms with Gasteiger partial charge in [0.2, 0.25) is 0 Å². The van der Waals surface area contributed by atoms with Crippen molar-refractivity contribution in [2.24, 2.45) is 11.7 Å². The van der Waals surface area contributed by atoms with Crippen LogP contribution in [0.1, 0.15) is 38.1 Å². The fourth-order valence-corrected chi connectivity index (χ4v) is 1.72. The third kappa shape index (κ3) is 5.18. The Morgan fingerprint density at radius 3 is 2.76 bits per heavy atom. The highest BCUT2D eigenvalue weighted by Gasteiger charge is 2.05. The lowest BCUT2D eigenvalue weighted by atomic mass is 10.1. The van der Waals surface area contributed by atoms with Crippen LogP contribution in [0.2, 0.25) is 0 Å². The molecule has 0 aliphatic heterocycles. The van der Waals surface area contributed by atoms with Crippen LogP contribution in [0.3, 0.4) is 0 Å². The van der Waals surface area contributed by atoms with Gasteiger partial charge in [-0.2, -0.15) is 0 Å². The summed E-state index contributed by atoms with van der Waals surface area (Å²) in [5.74, 6) is 1.63. The van der Waals surface area contributed by atoms with Gasteiger partial charge in [-0.25, -0.2) is 0 Å². The van der Waals surface area contributed by atoms with Crippen molar-refractivity contribution in [3.8, 4) is 5.75 Å². The Bertz CT molecular complexity index is 337. The maximum absolute atomic E-state index is 5.78. The van der Waals surface area contributed by atoms with E-state index in [2.05, 4.69) is 18.8 Å². The molecule has 0 aliphatic carbocycles. The van der Waals surface area contributed by atoms with Crippen molar-refractivity contribution < 1.29 is 4.74 Å². The second-order valence-corrected chi connectivity index (χ2v) is 4.82. The number of nitrogens with zero attached hydrogens (tertiary/aromatic N) is 1. The summed E-state index contributed by atoms with van der Waals surface area (Å²) in [6.07, 6.45) is 3.07. The Morgan fingerprint density at radius 1 is 1.35 bits per heavy atom. The summed E-state index contributed by atoms with van der Waals surface area (Å²) in [4.78, 5) is 4.47. The standard InChI is InChI=1S/C14H24N2O/c1-11(2)5-4-10-17-14-7-6-12(3)16-13(14)8-9-15/h6-7,11H,4-5,8-10,15H2,1-3H3. The van der Waals surface area contributed by atoms with E-state index in [9.17, 15) is 0 Å². The molecule has 0 atom stereocenters. The fourth-order valence-electron chi connectivity index (χ4n) is 1.72. The lowest BCUT2D eigenvalue weighted by Crippen LogP contribution is -2.08. The molecule has 0 amide bonds. The van der Waals surface area contributed by atoms with Gasteiger partial charge in [0.15, 0.2) is 0 Å². The van der Waals surface area contributed by atoms with Crippen LogP contribution in [0.25, 0.3) is 0 Å². The van der Waals surface area contributed by atoms with E-state index in [-0.39, 0.29) is 0 Å². The van der Waals surface area contributed by atoms with E-state index in [1.807, 2.05) is 19.1 Å². The van der Waals surface area contributed by atoms with Crippen molar-refractivity contribution >= 4 is 0 Å². The zero-order valence-corrected chi connectivity index (χ0v) is 11.2. The quantitative estimate of drug-likeness (QED) is 0.740. The Morgan fingerprint density at radius 2 is 2.12 bits per heavy atom. The predicted octanol–water partition coefficient (Wildman–Crippen LogP) is 2.71. The summed E-state index contributed by atoms with van der Waals surface area (Å²) in [6.45, 7) is 7.82. The van der Waals surface area contributed by atoms with E-state index in [0.717, 1.165) is 42.5 Å². The van der Waals surface area contributed by atoms with E-state index in [4.69, 9.17) is 10.5 Å². The van der Waals surface area contributed by atoms with Crippen molar-refractivity contribution in [3.05, 3.63) is 23.5 Å². The van der Waals surface area contributed by atoms with Crippen molar-refractivity contribution in [1.82, 2.24) is 4.98 Å². The van der Waals surface area contributed by atoms with Gasteiger partial charge in [-0.3, -0.25) is 4.98 Å².